The fourth-order valence-corrected chi connectivity index (χ4v) is 4.80. The van der Waals surface area contributed by atoms with Gasteiger partial charge in [-0.05, 0) is 17.5 Å². The Labute approximate surface area is 169 Å². The van der Waals surface area contributed by atoms with Gasteiger partial charge in [-0.2, -0.15) is 5.26 Å². The Morgan fingerprint density at radius 2 is 2.11 bits per heavy atom. The number of hydrogen-bond acceptors (Lipinski definition) is 6. The van der Waals surface area contributed by atoms with E-state index in [1.807, 2.05) is 40.4 Å². The van der Waals surface area contributed by atoms with Crippen molar-refractivity contribution in [3.05, 3.63) is 57.8 Å². The minimum Gasteiger partial charge on any atom is -0.346 e. The highest BCUT2D eigenvalue weighted by molar-refractivity contribution is 7.99. The predicted octanol–water partition coefficient (Wildman–Crippen LogP) is 3.84. The Morgan fingerprint density at radius 3 is 2.93 bits per heavy atom. The molecule has 3 heterocycles. The van der Waals surface area contributed by atoms with Gasteiger partial charge >= 0.3 is 0 Å². The van der Waals surface area contributed by atoms with E-state index in [2.05, 4.69) is 11.1 Å². The number of para-hydroxylation sites is 1. The minimum atomic E-state index is -0.102. The van der Waals surface area contributed by atoms with E-state index in [4.69, 9.17) is 5.26 Å². The van der Waals surface area contributed by atoms with E-state index in [1.165, 1.54) is 27.7 Å². The largest absolute Gasteiger partial charge is 0.346 e. The third-order valence-electron chi connectivity index (χ3n) is 4.55. The molecule has 0 aliphatic rings. The topological polar surface area (TPSA) is 80.7 Å². The second-order valence-electron chi connectivity index (χ2n) is 6.27. The lowest BCUT2D eigenvalue weighted by Crippen LogP contribution is -2.19. The minimum absolute atomic E-state index is 0.0302. The Morgan fingerprint density at radius 1 is 1.29 bits per heavy atom. The first-order valence-electron chi connectivity index (χ1n) is 8.65. The number of aryl methyl sites for hydroxylation is 1. The molecule has 0 unspecified atom stereocenters. The highest BCUT2D eigenvalue weighted by atomic mass is 32.2. The highest BCUT2D eigenvalue weighted by Gasteiger charge is 2.17. The molecule has 0 aliphatic carbocycles. The third-order valence-corrected chi connectivity index (χ3v) is 6.39. The summed E-state index contributed by atoms with van der Waals surface area (Å²) in [6, 6.07) is 11.6. The Bertz CT molecular complexity index is 1290. The summed E-state index contributed by atoms with van der Waals surface area (Å²) in [5.41, 5.74) is 1.47. The van der Waals surface area contributed by atoms with Crippen LogP contribution in [0.3, 0.4) is 0 Å². The molecular weight excluding hydrogens is 392 g/mol. The van der Waals surface area contributed by atoms with Crippen molar-refractivity contribution in [1.29, 1.82) is 5.26 Å². The number of carbonyl (C=O) groups is 1. The van der Waals surface area contributed by atoms with Crippen LogP contribution in [0.15, 0.2) is 51.9 Å². The van der Waals surface area contributed by atoms with Gasteiger partial charge in [-0.3, -0.25) is 14.2 Å². The number of nitrogens with zero attached hydrogens (tertiary/aromatic N) is 4. The molecule has 1 aromatic carbocycles. The third kappa shape index (κ3) is 3.23. The summed E-state index contributed by atoms with van der Waals surface area (Å²) in [6.07, 6.45) is 2.20. The van der Waals surface area contributed by atoms with Gasteiger partial charge in [-0.15, -0.1) is 11.3 Å². The van der Waals surface area contributed by atoms with Crippen molar-refractivity contribution in [1.82, 2.24) is 14.1 Å². The van der Waals surface area contributed by atoms with E-state index in [1.54, 1.807) is 13.1 Å². The molecule has 0 N–H and O–H groups in total. The number of Topliss-reactive ketones (excluding diaryl/α,β-unsaturated/α-hetero) is 1. The fraction of sp³-hybridized carbons (Fsp3) is 0.200. The van der Waals surface area contributed by atoms with Crippen LogP contribution < -0.4 is 5.56 Å². The second-order valence-corrected chi connectivity index (χ2v) is 8.11. The number of thioether (sulfide) groups is 1. The molecule has 0 spiro atoms. The van der Waals surface area contributed by atoms with Crippen molar-refractivity contribution < 1.29 is 4.79 Å². The molecule has 0 aliphatic heterocycles. The average molecular weight is 409 g/mol. The summed E-state index contributed by atoms with van der Waals surface area (Å²) in [4.78, 5) is 30.5. The molecule has 0 fully saturated rings. The number of ketones is 1. The maximum absolute atomic E-state index is 12.9. The first kappa shape index (κ1) is 18.5. The van der Waals surface area contributed by atoms with E-state index in [0.29, 0.717) is 33.9 Å². The van der Waals surface area contributed by atoms with Gasteiger partial charge in [0, 0.05) is 36.3 Å². The van der Waals surface area contributed by atoms with Crippen LogP contribution in [0.2, 0.25) is 0 Å². The number of thiophene rings is 1. The number of rotatable bonds is 6. The quantitative estimate of drug-likeness (QED) is 0.275. The van der Waals surface area contributed by atoms with Gasteiger partial charge < -0.3 is 4.57 Å². The molecule has 6 nitrogen and oxygen atoms in total. The maximum atomic E-state index is 12.9. The predicted molar refractivity (Wildman–Crippen MR) is 112 cm³/mol. The van der Waals surface area contributed by atoms with Crippen molar-refractivity contribution in [2.75, 3.05) is 5.75 Å². The number of fused-ring (bicyclic) bond motifs is 2. The van der Waals surface area contributed by atoms with Crippen molar-refractivity contribution >= 4 is 50.0 Å². The van der Waals surface area contributed by atoms with Gasteiger partial charge in [-0.25, -0.2) is 4.98 Å². The highest BCUT2D eigenvalue weighted by Crippen LogP contribution is 2.25. The van der Waals surface area contributed by atoms with Crippen LogP contribution in [0.1, 0.15) is 16.8 Å². The average Bonchev–Trinajstić information content (AvgIpc) is 3.32. The van der Waals surface area contributed by atoms with Gasteiger partial charge in [-0.1, -0.05) is 30.0 Å². The van der Waals surface area contributed by atoms with Gasteiger partial charge in [0.25, 0.3) is 5.56 Å². The van der Waals surface area contributed by atoms with Crippen LogP contribution >= 0.6 is 23.1 Å². The summed E-state index contributed by atoms with van der Waals surface area (Å²) in [5, 5.41) is 12.7. The second kappa shape index (κ2) is 7.62. The van der Waals surface area contributed by atoms with Gasteiger partial charge in [0.05, 0.1) is 23.6 Å². The first-order chi connectivity index (χ1) is 13.6. The molecule has 28 heavy (non-hydrogen) atoms. The first-order valence-corrected chi connectivity index (χ1v) is 10.5. The van der Waals surface area contributed by atoms with E-state index in [-0.39, 0.29) is 17.1 Å². The normalized spacial score (nSPS) is 11.1. The Balaban J connectivity index is 1.62. The smallest absolute Gasteiger partial charge is 0.262 e. The monoisotopic (exact) mass is 408 g/mol. The molecule has 0 radical (unpaired) electrons. The van der Waals surface area contributed by atoms with Crippen LogP contribution in [-0.2, 0) is 13.6 Å². The van der Waals surface area contributed by atoms with Crippen molar-refractivity contribution in [2.45, 2.75) is 18.1 Å². The summed E-state index contributed by atoms with van der Waals surface area (Å²) in [5.74, 6) is 0.154. The molecule has 0 saturated carbocycles. The van der Waals surface area contributed by atoms with Crippen LogP contribution in [0.5, 0.6) is 0 Å². The molecule has 8 heteroatoms. The van der Waals surface area contributed by atoms with E-state index < -0.39 is 0 Å². The van der Waals surface area contributed by atoms with E-state index in [0.717, 1.165) is 10.9 Å². The zero-order valence-electron chi connectivity index (χ0n) is 15.1. The van der Waals surface area contributed by atoms with Gasteiger partial charge in [0.15, 0.2) is 10.9 Å². The van der Waals surface area contributed by atoms with Gasteiger partial charge in [0.1, 0.15) is 4.83 Å². The number of nitriles is 1. The van der Waals surface area contributed by atoms with Crippen molar-refractivity contribution in [3.63, 3.8) is 0 Å². The molecule has 3 aromatic heterocycles. The van der Waals surface area contributed by atoms with Crippen molar-refractivity contribution in [2.24, 2.45) is 7.05 Å². The molecule has 0 bridgehead atoms. The lowest BCUT2D eigenvalue weighted by atomic mass is 10.1. The number of carbonyl (C=O) groups excluding carboxylic acids is 1. The summed E-state index contributed by atoms with van der Waals surface area (Å²) >= 11 is 2.68. The summed E-state index contributed by atoms with van der Waals surface area (Å²) in [7, 11) is 1.67. The standard InChI is InChI=1S/C20H16N4O2S2/c1-23-19(26)14-7-10-27-18(14)22-20(23)28-12-17(25)15-11-24(9-4-8-21)16-6-3-2-5-13(15)16/h2-3,5-7,10-11H,4,9,12H2,1H3. The van der Waals surface area contributed by atoms with Crippen LogP contribution in [0.4, 0.5) is 0 Å². The number of aromatic nitrogens is 3. The lowest BCUT2D eigenvalue weighted by molar-refractivity contribution is 0.102. The van der Waals surface area contributed by atoms with Crippen LogP contribution in [0, 0.1) is 11.3 Å². The summed E-state index contributed by atoms with van der Waals surface area (Å²) < 4.78 is 3.44. The Hall–Kier alpha value is -2.89. The zero-order chi connectivity index (χ0) is 19.7. The zero-order valence-corrected chi connectivity index (χ0v) is 16.7. The van der Waals surface area contributed by atoms with Gasteiger partial charge in [0.2, 0.25) is 0 Å². The lowest BCUT2D eigenvalue weighted by Gasteiger charge is -2.06. The molecule has 0 saturated heterocycles. The van der Waals surface area contributed by atoms with E-state index >= 15 is 0 Å². The summed E-state index contributed by atoms with van der Waals surface area (Å²) in [6.45, 7) is 0.544. The van der Waals surface area contributed by atoms with E-state index in [9.17, 15) is 9.59 Å². The van der Waals surface area contributed by atoms with Crippen molar-refractivity contribution in [3.8, 4) is 6.07 Å². The molecule has 0 amide bonds. The molecule has 0 atom stereocenters. The number of hydrogen-bond donors (Lipinski definition) is 0. The number of benzene rings is 1. The van der Waals surface area contributed by atoms with Crippen LogP contribution in [-0.4, -0.2) is 25.7 Å². The molecular formula is C20H16N4O2S2. The molecule has 140 valence electrons. The fourth-order valence-electron chi connectivity index (χ4n) is 3.14. The maximum Gasteiger partial charge on any atom is 0.262 e. The Kier molecular flexibility index (Phi) is 5.03. The molecule has 4 rings (SSSR count). The SMILES string of the molecule is Cn1c(SCC(=O)c2cn(CCC#N)c3ccccc23)nc2sccc2c1=O. The molecule has 4 aromatic rings. The van der Waals surface area contributed by atoms with Crippen LogP contribution in [0.25, 0.3) is 21.1 Å².